The van der Waals surface area contributed by atoms with Crippen LogP contribution in [0.5, 0.6) is 0 Å². The molecule has 0 aliphatic carbocycles. The number of guanidine groups is 1. The predicted molar refractivity (Wildman–Crippen MR) is 113 cm³/mol. The summed E-state index contributed by atoms with van der Waals surface area (Å²) in [6.07, 6.45) is -4.09. The van der Waals surface area contributed by atoms with Gasteiger partial charge in [0, 0.05) is 37.0 Å². The van der Waals surface area contributed by atoms with Crippen LogP contribution in [0.2, 0.25) is 0 Å². The number of halogens is 4. The Morgan fingerprint density at radius 1 is 1.36 bits per heavy atom. The lowest BCUT2D eigenvalue weighted by Crippen LogP contribution is -2.40. The average Bonchev–Trinajstić information content (AvgIpc) is 3.11. The molecule has 1 atom stereocenters. The number of para-hydroxylation sites is 1. The number of alkyl halides is 3. The molecule has 0 bridgehead atoms. The molecule has 0 saturated carbocycles. The fourth-order valence-electron chi connectivity index (χ4n) is 2.81. The van der Waals surface area contributed by atoms with Gasteiger partial charge in [0.15, 0.2) is 11.7 Å². The first-order chi connectivity index (χ1) is 12.9. The zero-order valence-electron chi connectivity index (χ0n) is 14.8. The van der Waals surface area contributed by atoms with E-state index >= 15 is 0 Å². The van der Waals surface area contributed by atoms with Crippen molar-refractivity contribution in [1.29, 1.82) is 0 Å². The highest BCUT2D eigenvalue weighted by Crippen LogP contribution is 2.31. The maximum Gasteiger partial charge on any atom is 0.434 e. The summed E-state index contributed by atoms with van der Waals surface area (Å²) < 4.78 is 37.8. The van der Waals surface area contributed by atoms with Crippen LogP contribution in [0, 0.1) is 0 Å². The number of anilines is 1. The lowest BCUT2D eigenvalue weighted by atomic mass is 9.90. The van der Waals surface area contributed by atoms with E-state index in [0.717, 1.165) is 28.0 Å². The third-order valence-corrected chi connectivity index (χ3v) is 4.94. The Morgan fingerprint density at radius 2 is 2.11 bits per heavy atom. The number of aliphatic imine (C=N–C) groups is 1. The fraction of sp³-hybridized carbons (Fsp3) is 0.353. The molecule has 0 radical (unpaired) electrons. The average molecular weight is 525 g/mol. The van der Waals surface area contributed by atoms with Crippen molar-refractivity contribution in [2.75, 3.05) is 18.9 Å². The van der Waals surface area contributed by atoms with Crippen molar-refractivity contribution in [2.24, 2.45) is 4.99 Å². The summed E-state index contributed by atoms with van der Waals surface area (Å²) >= 11 is 0.937. The van der Waals surface area contributed by atoms with Gasteiger partial charge in [0.2, 0.25) is 5.91 Å². The molecule has 1 unspecified atom stereocenters. The van der Waals surface area contributed by atoms with E-state index in [9.17, 15) is 18.0 Å². The number of hydrogen-bond donors (Lipinski definition) is 3. The van der Waals surface area contributed by atoms with Crippen LogP contribution >= 0.6 is 35.3 Å². The lowest BCUT2D eigenvalue weighted by molar-refractivity contribution is -0.140. The first kappa shape index (κ1) is 22.4. The van der Waals surface area contributed by atoms with Gasteiger partial charge in [-0.25, -0.2) is 4.98 Å². The highest BCUT2D eigenvalue weighted by molar-refractivity contribution is 14.0. The van der Waals surface area contributed by atoms with E-state index in [1.165, 1.54) is 0 Å². The summed E-state index contributed by atoms with van der Waals surface area (Å²) in [4.78, 5) is 19.5. The van der Waals surface area contributed by atoms with Gasteiger partial charge >= 0.3 is 6.18 Å². The highest BCUT2D eigenvalue weighted by Gasteiger charge is 2.33. The summed E-state index contributed by atoms with van der Waals surface area (Å²) in [5, 5.41) is 10.2. The Morgan fingerprint density at radius 3 is 2.79 bits per heavy atom. The second kappa shape index (κ2) is 9.54. The van der Waals surface area contributed by atoms with Crippen LogP contribution < -0.4 is 16.0 Å². The number of benzene rings is 1. The monoisotopic (exact) mass is 525 g/mol. The molecule has 1 aromatic heterocycles. The van der Waals surface area contributed by atoms with Crippen molar-refractivity contribution >= 4 is 52.9 Å². The van der Waals surface area contributed by atoms with Crippen molar-refractivity contribution < 1.29 is 18.0 Å². The molecule has 2 heterocycles. The maximum absolute atomic E-state index is 12.6. The molecule has 2 aromatic rings. The fourth-order valence-corrected chi connectivity index (χ4v) is 3.55. The smallest absolute Gasteiger partial charge is 0.356 e. The molecule has 11 heteroatoms. The first-order valence-electron chi connectivity index (χ1n) is 8.21. The minimum Gasteiger partial charge on any atom is -0.356 e. The van der Waals surface area contributed by atoms with Crippen LogP contribution in [0.25, 0.3) is 0 Å². The minimum atomic E-state index is -4.44. The number of fused-ring (bicyclic) bond motifs is 1. The number of nitrogens with zero attached hydrogens (tertiary/aromatic N) is 2. The van der Waals surface area contributed by atoms with Gasteiger partial charge in [-0.3, -0.25) is 9.79 Å². The van der Waals surface area contributed by atoms with Crippen molar-refractivity contribution in [1.82, 2.24) is 15.6 Å². The van der Waals surface area contributed by atoms with E-state index in [0.29, 0.717) is 23.9 Å². The second-order valence-corrected chi connectivity index (χ2v) is 6.91. The number of aromatic nitrogens is 1. The van der Waals surface area contributed by atoms with Gasteiger partial charge in [0.25, 0.3) is 0 Å². The van der Waals surface area contributed by atoms with Crippen molar-refractivity contribution in [3.05, 3.63) is 45.9 Å². The molecule has 3 N–H and O–H groups in total. The largest absolute Gasteiger partial charge is 0.434 e. The second-order valence-electron chi connectivity index (χ2n) is 5.97. The van der Waals surface area contributed by atoms with E-state index in [1.54, 1.807) is 7.05 Å². The summed E-state index contributed by atoms with van der Waals surface area (Å²) in [5.41, 5.74) is 0.942. The summed E-state index contributed by atoms with van der Waals surface area (Å²) in [6, 6.07) is 7.59. The van der Waals surface area contributed by atoms with Crippen LogP contribution in [0.15, 0.2) is 34.6 Å². The van der Waals surface area contributed by atoms with Crippen LogP contribution in [0.4, 0.5) is 18.9 Å². The Hall–Kier alpha value is -1.89. The number of thiazole rings is 1. The van der Waals surface area contributed by atoms with Crippen LogP contribution in [-0.4, -0.2) is 30.4 Å². The number of carbonyl (C=O) groups excluding carboxylic acids is 1. The normalized spacial score (nSPS) is 16.6. The number of hydrogen-bond acceptors (Lipinski definition) is 4. The van der Waals surface area contributed by atoms with Gasteiger partial charge in [0.1, 0.15) is 5.01 Å². The lowest BCUT2D eigenvalue weighted by Gasteiger charge is -2.26. The Bertz CT molecular complexity index is 855. The molecule has 3 rings (SSSR count). The summed E-state index contributed by atoms with van der Waals surface area (Å²) in [7, 11) is 1.57. The number of carbonyl (C=O) groups is 1. The quantitative estimate of drug-likeness (QED) is 0.324. The van der Waals surface area contributed by atoms with Gasteiger partial charge < -0.3 is 16.0 Å². The molecular weight excluding hydrogens is 506 g/mol. The zero-order valence-corrected chi connectivity index (χ0v) is 18.0. The highest BCUT2D eigenvalue weighted by atomic mass is 127. The van der Waals surface area contributed by atoms with Crippen LogP contribution in [-0.2, 0) is 17.5 Å². The number of nitrogens with one attached hydrogen (secondary N) is 3. The molecule has 1 aliphatic heterocycles. The van der Waals surface area contributed by atoms with E-state index in [1.807, 2.05) is 24.3 Å². The topological polar surface area (TPSA) is 78.4 Å². The molecule has 152 valence electrons. The Balaban J connectivity index is 0.00000280. The molecule has 1 aromatic carbocycles. The first-order valence-corrected chi connectivity index (χ1v) is 9.09. The number of rotatable bonds is 4. The van der Waals surface area contributed by atoms with E-state index in [4.69, 9.17) is 0 Å². The standard InChI is InChI=1S/C17H18F3N5OS.HI/c1-21-16(23-8-15-25-13(9-27-15)17(18,19)20)22-7-10-6-14(26)24-12-5-3-2-4-11(10)12;/h2-5,9-10H,6-8H2,1H3,(H,24,26)(H2,21,22,23);1H. The third kappa shape index (κ3) is 5.56. The van der Waals surface area contributed by atoms with Crippen molar-refractivity contribution in [3.8, 4) is 0 Å². The predicted octanol–water partition coefficient (Wildman–Crippen LogP) is 3.57. The van der Waals surface area contributed by atoms with Gasteiger partial charge in [0.05, 0.1) is 6.54 Å². The van der Waals surface area contributed by atoms with E-state index < -0.39 is 11.9 Å². The molecule has 6 nitrogen and oxygen atoms in total. The zero-order chi connectivity index (χ0) is 19.4. The van der Waals surface area contributed by atoms with E-state index in [-0.39, 0.29) is 42.3 Å². The van der Waals surface area contributed by atoms with Gasteiger partial charge in [-0.2, -0.15) is 13.2 Å². The Labute approximate surface area is 181 Å². The molecule has 0 spiro atoms. The van der Waals surface area contributed by atoms with Crippen LogP contribution in [0.1, 0.15) is 28.6 Å². The van der Waals surface area contributed by atoms with Crippen molar-refractivity contribution in [2.45, 2.75) is 25.1 Å². The molecule has 28 heavy (non-hydrogen) atoms. The maximum atomic E-state index is 12.6. The van der Waals surface area contributed by atoms with Crippen LogP contribution in [0.3, 0.4) is 0 Å². The number of amides is 1. The van der Waals surface area contributed by atoms with E-state index in [2.05, 4.69) is 25.9 Å². The summed E-state index contributed by atoms with van der Waals surface area (Å²) in [6.45, 7) is 0.595. The minimum absolute atomic E-state index is 0. The van der Waals surface area contributed by atoms with Gasteiger partial charge in [-0.05, 0) is 11.6 Å². The molecule has 1 aliphatic rings. The summed E-state index contributed by atoms with van der Waals surface area (Å²) in [5.74, 6) is 0.360. The van der Waals surface area contributed by atoms with Crippen molar-refractivity contribution in [3.63, 3.8) is 0 Å². The van der Waals surface area contributed by atoms with Gasteiger partial charge in [-0.15, -0.1) is 35.3 Å². The third-order valence-electron chi connectivity index (χ3n) is 4.10. The molecule has 0 saturated heterocycles. The molecule has 0 fully saturated rings. The van der Waals surface area contributed by atoms with Gasteiger partial charge in [-0.1, -0.05) is 18.2 Å². The Kier molecular flexibility index (Phi) is 7.63. The SMILES string of the molecule is CN=C(NCc1nc(C(F)(F)F)cs1)NCC1CC(=O)Nc2ccccc21.I. The molecule has 1 amide bonds. The molecular formula is C17H19F3IN5OS.